The number of aliphatic hydroxyl groups is 1. The molecule has 9 nitrogen and oxygen atoms in total. The van der Waals surface area contributed by atoms with Gasteiger partial charge in [-0.1, -0.05) is 31.9 Å². The van der Waals surface area contributed by atoms with Crippen molar-refractivity contribution in [2.24, 2.45) is 17.8 Å². The van der Waals surface area contributed by atoms with Crippen molar-refractivity contribution >= 4 is 29.1 Å². The molecule has 3 heterocycles. The smallest absolute Gasteiger partial charge is 0.250 e. The fourth-order valence-electron chi connectivity index (χ4n) is 7.52. The fraction of sp³-hybridized carbons (Fsp3) is 0.559. The molecule has 2 bridgehead atoms. The van der Waals surface area contributed by atoms with Gasteiger partial charge in [0.25, 0.3) is 0 Å². The normalized spacial score (nSPS) is 29.1. The number of anilines is 2. The van der Waals surface area contributed by atoms with Crippen molar-refractivity contribution in [3.8, 4) is 5.75 Å². The lowest BCUT2D eigenvalue weighted by Crippen LogP contribution is -2.54. The van der Waals surface area contributed by atoms with Crippen LogP contribution < -0.4 is 15.4 Å². The van der Waals surface area contributed by atoms with Gasteiger partial charge in [0.1, 0.15) is 17.4 Å². The monoisotopic (exact) mass is 591 g/mol. The molecule has 3 aliphatic heterocycles. The molecule has 0 saturated carbocycles. The van der Waals surface area contributed by atoms with Gasteiger partial charge in [-0.15, -0.1) is 0 Å². The molecule has 2 aromatic carbocycles. The SMILES string of the molecule is CCOc1ccc(NC(=O)[C@@H]2[C@H]3C(=O)N(CCCCCCO)C(C(=O)Nc4cc(C)ccc4C)C34CC(C)[C@@]2(C)O4)cc1. The largest absolute Gasteiger partial charge is 0.494 e. The number of rotatable bonds is 12. The maximum absolute atomic E-state index is 14.3. The molecule has 2 aromatic rings. The van der Waals surface area contributed by atoms with Crippen molar-refractivity contribution in [1.82, 2.24) is 4.90 Å². The highest BCUT2D eigenvalue weighted by molar-refractivity contribution is 6.05. The van der Waals surface area contributed by atoms with Gasteiger partial charge in [0.05, 0.1) is 24.0 Å². The predicted octanol–water partition coefficient (Wildman–Crippen LogP) is 4.84. The number of unbranched alkanes of at least 4 members (excludes halogenated alkanes) is 3. The summed E-state index contributed by atoms with van der Waals surface area (Å²) in [5, 5.41) is 15.3. The summed E-state index contributed by atoms with van der Waals surface area (Å²) in [6.07, 6.45) is 3.56. The molecule has 0 radical (unpaired) electrons. The third-order valence-corrected chi connectivity index (χ3v) is 9.74. The lowest BCUT2D eigenvalue weighted by atomic mass is 9.62. The standard InChI is InChI=1S/C34H45N3O6/c1-6-42-25-15-13-24(14-16-25)35-30(39)27-28-32(41)37(17-9-7-8-10-18-38)29(34(28)20-23(4)33(27,5)43-34)31(40)36-26-19-21(2)11-12-22(26)3/h11-16,19,23,27-29,38H,6-10,17-18,20H2,1-5H3,(H,35,39)(H,36,40)/t23?,27-,28-,29?,33+,34?/m0/s1. The summed E-state index contributed by atoms with van der Waals surface area (Å²) in [6.45, 7) is 10.8. The van der Waals surface area contributed by atoms with Crippen LogP contribution in [0.25, 0.3) is 0 Å². The molecule has 3 fully saturated rings. The Bertz CT molecular complexity index is 1360. The Morgan fingerprint density at radius 2 is 1.77 bits per heavy atom. The summed E-state index contributed by atoms with van der Waals surface area (Å²) in [6, 6.07) is 12.2. The molecule has 3 unspecified atom stereocenters. The van der Waals surface area contributed by atoms with E-state index in [4.69, 9.17) is 9.47 Å². The van der Waals surface area contributed by atoms with E-state index < -0.39 is 29.1 Å². The Kier molecular flexibility index (Phi) is 8.86. The number of ether oxygens (including phenoxy) is 2. The van der Waals surface area contributed by atoms with Crippen LogP contribution in [0.4, 0.5) is 11.4 Å². The molecule has 3 aliphatic rings. The summed E-state index contributed by atoms with van der Waals surface area (Å²) < 4.78 is 12.4. The number of nitrogens with one attached hydrogen (secondary N) is 2. The molecule has 9 heteroatoms. The van der Waals surface area contributed by atoms with Gasteiger partial charge in [-0.05, 0) is 94.3 Å². The highest BCUT2D eigenvalue weighted by atomic mass is 16.5. The van der Waals surface area contributed by atoms with E-state index >= 15 is 0 Å². The summed E-state index contributed by atoms with van der Waals surface area (Å²) in [5.74, 6) is -1.64. The summed E-state index contributed by atoms with van der Waals surface area (Å²) in [4.78, 5) is 44.3. The van der Waals surface area contributed by atoms with E-state index in [0.29, 0.717) is 49.5 Å². The Hall–Kier alpha value is -3.43. The molecule has 1 spiro atoms. The molecule has 6 atom stereocenters. The Morgan fingerprint density at radius 1 is 1.05 bits per heavy atom. The van der Waals surface area contributed by atoms with Crippen LogP contribution in [-0.4, -0.2) is 64.7 Å². The number of carbonyl (C=O) groups excluding carboxylic acids is 3. The summed E-state index contributed by atoms with van der Waals surface area (Å²) in [7, 11) is 0. The first kappa shape index (κ1) is 31.0. The number of benzene rings is 2. The topological polar surface area (TPSA) is 117 Å². The maximum Gasteiger partial charge on any atom is 0.250 e. The number of nitrogens with zero attached hydrogens (tertiary/aromatic N) is 1. The van der Waals surface area contributed by atoms with E-state index in [-0.39, 0.29) is 30.2 Å². The lowest BCUT2D eigenvalue weighted by molar-refractivity contribution is -0.144. The van der Waals surface area contributed by atoms with Crippen molar-refractivity contribution < 1.29 is 29.0 Å². The van der Waals surface area contributed by atoms with E-state index in [2.05, 4.69) is 10.6 Å². The van der Waals surface area contributed by atoms with Gasteiger partial charge in [0.2, 0.25) is 17.7 Å². The molecule has 0 aliphatic carbocycles. The van der Waals surface area contributed by atoms with Gasteiger partial charge in [0, 0.05) is 24.5 Å². The first-order chi connectivity index (χ1) is 20.6. The van der Waals surface area contributed by atoms with Gasteiger partial charge in [-0.2, -0.15) is 0 Å². The molecule has 3 N–H and O–H groups in total. The number of hydrogen-bond acceptors (Lipinski definition) is 6. The van der Waals surface area contributed by atoms with Crippen LogP contribution in [0.2, 0.25) is 0 Å². The van der Waals surface area contributed by atoms with Crippen LogP contribution in [0, 0.1) is 31.6 Å². The first-order valence-corrected chi connectivity index (χ1v) is 15.6. The molecular weight excluding hydrogens is 546 g/mol. The number of aliphatic hydroxyl groups excluding tert-OH is 1. The average Bonchev–Trinajstić information content (AvgIpc) is 3.48. The van der Waals surface area contributed by atoms with E-state index in [9.17, 15) is 19.5 Å². The van der Waals surface area contributed by atoms with E-state index in [0.717, 1.165) is 24.0 Å². The number of fused-ring (bicyclic) bond motifs is 1. The zero-order chi connectivity index (χ0) is 30.9. The quantitative estimate of drug-likeness (QED) is 0.304. The van der Waals surface area contributed by atoms with Crippen LogP contribution >= 0.6 is 0 Å². The van der Waals surface area contributed by atoms with Crippen molar-refractivity contribution in [2.75, 3.05) is 30.4 Å². The van der Waals surface area contributed by atoms with E-state index in [1.807, 2.05) is 52.8 Å². The van der Waals surface area contributed by atoms with E-state index in [1.165, 1.54) is 0 Å². The highest BCUT2D eigenvalue weighted by Crippen LogP contribution is 2.65. The number of aryl methyl sites for hydroxylation is 2. The summed E-state index contributed by atoms with van der Waals surface area (Å²) >= 11 is 0. The van der Waals surface area contributed by atoms with Gasteiger partial charge in [-0.25, -0.2) is 0 Å². The van der Waals surface area contributed by atoms with Crippen LogP contribution in [0.15, 0.2) is 42.5 Å². The zero-order valence-electron chi connectivity index (χ0n) is 25.9. The molecule has 3 saturated heterocycles. The average molecular weight is 592 g/mol. The maximum atomic E-state index is 14.3. The molecule has 0 aromatic heterocycles. The van der Waals surface area contributed by atoms with Gasteiger partial charge in [0.15, 0.2) is 0 Å². The number of likely N-dealkylation sites (tertiary alicyclic amines) is 1. The molecule has 3 amide bonds. The highest BCUT2D eigenvalue weighted by Gasteiger charge is 2.79. The third kappa shape index (κ3) is 5.53. The second-order valence-corrected chi connectivity index (χ2v) is 12.6. The van der Waals surface area contributed by atoms with Gasteiger partial charge < -0.3 is 30.1 Å². The second kappa shape index (κ2) is 12.3. The van der Waals surface area contributed by atoms with Crippen molar-refractivity contribution in [2.45, 2.75) is 84.0 Å². The number of amides is 3. The van der Waals surface area contributed by atoms with Crippen LogP contribution in [0.1, 0.15) is 64.0 Å². The Morgan fingerprint density at radius 3 is 2.47 bits per heavy atom. The minimum absolute atomic E-state index is 0.0480. The van der Waals surface area contributed by atoms with Crippen LogP contribution in [0.5, 0.6) is 5.75 Å². The first-order valence-electron chi connectivity index (χ1n) is 15.6. The minimum Gasteiger partial charge on any atom is -0.494 e. The van der Waals surface area contributed by atoms with Crippen molar-refractivity contribution in [3.63, 3.8) is 0 Å². The van der Waals surface area contributed by atoms with Crippen LogP contribution in [0.3, 0.4) is 0 Å². The molecule has 43 heavy (non-hydrogen) atoms. The number of carbonyl (C=O) groups is 3. The Labute approximate surface area is 254 Å². The predicted molar refractivity (Wildman–Crippen MR) is 165 cm³/mol. The summed E-state index contributed by atoms with van der Waals surface area (Å²) in [5.41, 5.74) is 1.25. The minimum atomic E-state index is -1.11. The lowest BCUT2D eigenvalue weighted by Gasteiger charge is -2.36. The van der Waals surface area contributed by atoms with Gasteiger partial charge in [-0.3, -0.25) is 14.4 Å². The Balaban J connectivity index is 1.47. The fourth-order valence-corrected chi connectivity index (χ4v) is 7.52. The van der Waals surface area contributed by atoms with Crippen LogP contribution in [-0.2, 0) is 19.1 Å². The third-order valence-electron chi connectivity index (χ3n) is 9.74. The van der Waals surface area contributed by atoms with E-state index in [1.54, 1.807) is 29.2 Å². The molecular formula is C34H45N3O6. The molecule has 232 valence electrons. The van der Waals surface area contributed by atoms with Gasteiger partial charge >= 0.3 is 0 Å². The number of hydrogen-bond donors (Lipinski definition) is 3. The van der Waals surface area contributed by atoms with Crippen molar-refractivity contribution in [3.05, 3.63) is 53.6 Å². The second-order valence-electron chi connectivity index (χ2n) is 12.6. The van der Waals surface area contributed by atoms with Crippen molar-refractivity contribution in [1.29, 1.82) is 0 Å². The zero-order valence-corrected chi connectivity index (χ0v) is 25.9. The molecule has 5 rings (SSSR count).